The van der Waals surface area contributed by atoms with Crippen molar-refractivity contribution in [3.8, 4) is 0 Å². The van der Waals surface area contributed by atoms with E-state index in [0.29, 0.717) is 5.92 Å². The lowest BCUT2D eigenvalue weighted by Gasteiger charge is -2.22. The summed E-state index contributed by atoms with van der Waals surface area (Å²) in [5.41, 5.74) is 0. The zero-order valence-electron chi connectivity index (χ0n) is 7.52. The summed E-state index contributed by atoms with van der Waals surface area (Å²) in [5, 5.41) is 12.0. The molecule has 1 heterocycles. The fourth-order valence-electron chi connectivity index (χ4n) is 1.80. The molecule has 0 spiro atoms. The third-order valence-electron chi connectivity index (χ3n) is 2.59. The van der Waals surface area contributed by atoms with E-state index >= 15 is 0 Å². The van der Waals surface area contributed by atoms with Crippen LogP contribution in [0.15, 0.2) is 29.7 Å². The molecule has 0 aliphatic heterocycles. The summed E-state index contributed by atoms with van der Waals surface area (Å²) in [6.07, 6.45) is 7.41. The Labute approximate surface area is 82.7 Å². The number of aliphatic hydroxyl groups is 1. The van der Waals surface area contributed by atoms with Gasteiger partial charge in [0.2, 0.25) is 0 Å². The Morgan fingerprint density at radius 3 is 3.00 bits per heavy atom. The predicted octanol–water partition coefficient (Wildman–Crippen LogP) is 3.14. The van der Waals surface area contributed by atoms with Gasteiger partial charge in [0.15, 0.2) is 0 Å². The molecule has 0 saturated carbocycles. The van der Waals surface area contributed by atoms with E-state index in [1.807, 2.05) is 17.5 Å². The Hall–Kier alpha value is -0.600. The summed E-state index contributed by atoms with van der Waals surface area (Å²) in [7, 11) is 0. The molecule has 2 heteroatoms. The predicted molar refractivity (Wildman–Crippen MR) is 55.8 cm³/mol. The minimum atomic E-state index is -0.245. The molecule has 1 nitrogen and oxygen atoms in total. The van der Waals surface area contributed by atoms with Crippen molar-refractivity contribution < 1.29 is 5.11 Å². The molecule has 1 aromatic heterocycles. The molecule has 0 radical (unpaired) electrons. The van der Waals surface area contributed by atoms with E-state index in [0.717, 1.165) is 24.1 Å². The van der Waals surface area contributed by atoms with Gasteiger partial charge in [0.1, 0.15) is 0 Å². The highest BCUT2D eigenvalue weighted by atomic mass is 32.1. The van der Waals surface area contributed by atoms with Crippen molar-refractivity contribution in [2.24, 2.45) is 5.92 Å². The SMILES string of the molecule is OC(c1cccs1)C1CC=CCC1. The van der Waals surface area contributed by atoms with Crippen LogP contribution in [-0.4, -0.2) is 5.11 Å². The summed E-state index contributed by atoms with van der Waals surface area (Å²) in [5.74, 6) is 0.434. The maximum atomic E-state index is 10.0. The average Bonchev–Trinajstić information content (AvgIpc) is 2.71. The lowest BCUT2D eigenvalue weighted by Crippen LogP contribution is -2.12. The molecule has 1 aromatic rings. The minimum absolute atomic E-state index is 0.245. The fraction of sp³-hybridized carbons (Fsp3) is 0.455. The maximum absolute atomic E-state index is 10.0. The van der Waals surface area contributed by atoms with Gasteiger partial charge in [0.05, 0.1) is 6.10 Å². The van der Waals surface area contributed by atoms with Gasteiger partial charge in [-0.3, -0.25) is 0 Å². The van der Waals surface area contributed by atoms with E-state index in [-0.39, 0.29) is 6.10 Å². The molecule has 0 bridgehead atoms. The number of hydrogen-bond acceptors (Lipinski definition) is 2. The highest BCUT2D eigenvalue weighted by Gasteiger charge is 2.21. The summed E-state index contributed by atoms with van der Waals surface area (Å²) in [4.78, 5) is 1.11. The monoisotopic (exact) mass is 194 g/mol. The molecule has 0 aromatic carbocycles. The zero-order valence-corrected chi connectivity index (χ0v) is 8.33. The highest BCUT2D eigenvalue weighted by molar-refractivity contribution is 7.10. The van der Waals surface area contributed by atoms with Crippen LogP contribution < -0.4 is 0 Å². The Morgan fingerprint density at radius 1 is 1.46 bits per heavy atom. The molecule has 0 saturated heterocycles. The molecule has 0 fully saturated rings. The van der Waals surface area contributed by atoms with Crippen molar-refractivity contribution in [3.63, 3.8) is 0 Å². The van der Waals surface area contributed by atoms with Gasteiger partial charge in [0, 0.05) is 4.88 Å². The van der Waals surface area contributed by atoms with Crippen LogP contribution in [-0.2, 0) is 0 Å². The Balaban J connectivity index is 2.04. The van der Waals surface area contributed by atoms with Crippen LogP contribution >= 0.6 is 11.3 Å². The third kappa shape index (κ3) is 2.01. The van der Waals surface area contributed by atoms with Gasteiger partial charge in [-0.15, -0.1) is 11.3 Å². The van der Waals surface area contributed by atoms with Crippen molar-refractivity contribution in [2.75, 3.05) is 0 Å². The van der Waals surface area contributed by atoms with Crippen LogP contribution in [0.3, 0.4) is 0 Å². The first kappa shape index (κ1) is 8.97. The lowest BCUT2D eigenvalue weighted by atomic mass is 9.89. The Morgan fingerprint density at radius 2 is 2.38 bits per heavy atom. The first-order chi connectivity index (χ1) is 6.38. The van der Waals surface area contributed by atoms with Gasteiger partial charge in [0.25, 0.3) is 0 Å². The molecule has 13 heavy (non-hydrogen) atoms. The molecule has 0 amide bonds. The first-order valence-corrected chi connectivity index (χ1v) is 5.62. The molecular formula is C11H14OS. The summed E-state index contributed by atoms with van der Waals surface area (Å²) in [6.45, 7) is 0. The summed E-state index contributed by atoms with van der Waals surface area (Å²) in [6, 6.07) is 4.02. The average molecular weight is 194 g/mol. The van der Waals surface area contributed by atoms with Gasteiger partial charge in [-0.05, 0) is 36.6 Å². The van der Waals surface area contributed by atoms with E-state index < -0.39 is 0 Å². The topological polar surface area (TPSA) is 20.2 Å². The molecule has 2 unspecified atom stereocenters. The maximum Gasteiger partial charge on any atom is 0.0913 e. The first-order valence-electron chi connectivity index (χ1n) is 4.74. The van der Waals surface area contributed by atoms with Crippen LogP contribution in [0.2, 0.25) is 0 Å². The van der Waals surface area contributed by atoms with Crippen LogP contribution in [0.5, 0.6) is 0 Å². The van der Waals surface area contributed by atoms with E-state index in [1.54, 1.807) is 11.3 Å². The standard InChI is InChI=1S/C11H14OS/c12-11(10-7-4-8-13-10)9-5-2-1-3-6-9/h1-2,4,7-9,11-12H,3,5-6H2. The van der Waals surface area contributed by atoms with Crippen LogP contribution in [0.25, 0.3) is 0 Å². The van der Waals surface area contributed by atoms with Gasteiger partial charge in [-0.1, -0.05) is 18.2 Å². The number of allylic oxidation sites excluding steroid dienone is 2. The Bertz CT molecular complexity index is 276. The van der Waals surface area contributed by atoms with Crippen molar-refractivity contribution >= 4 is 11.3 Å². The van der Waals surface area contributed by atoms with Gasteiger partial charge in [-0.25, -0.2) is 0 Å². The summed E-state index contributed by atoms with van der Waals surface area (Å²) < 4.78 is 0. The number of thiophene rings is 1. The quantitative estimate of drug-likeness (QED) is 0.717. The molecule has 70 valence electrons. The van der Waals surface area contributed by atoms with Crippen molar-refractivity contribution in [2.45, 2.75) is 25.4 Å². The van der Waals surface area contributed by atoms with Crippen molar-refractivity contribution in [3.05, 3.63) is 34.5 Å². The van der Waals surface area contributed by atoms with E-state index in [4.69, 9.17) is 0 Å². The normalized spacial score (nSPS) is 24.5. The van der Waals surface area contributed by atoms with Crippen molar-refractivity contribution in [1.29, 1.82) is 0 Å². The molecule has 1 N–H and O–H groups in total. The fourth-order valence-corrected chi connectivity index (χ4v) is 2.60. The molecule has 1 aliphatic carbocycles. The van der Waals surface area contributed by atoms with E-state index in [1.165, 1.54) is 0 Å². The second-order valence-electron chi connectivity index (χ2n) is 3.50. The number of rotatable bonds is 2. The van der Waals surface area contributed by atoms with Gasteiger partial charge in [-0.2, -0.15) is 0 Å². The van der Waals surface area contributed by atoms with Gasteiger partial charge >= 0.3 is 0 Å². The Kier molecular flexibility index (Phi) is 2.81. The van der Waals surface area contributed by atoms with Crippen LogP contribution in [0.4, 0.5) is 0 Å². The number of hydrogen-bond donors (Lipinski definition) is 1. The van der Waals surface area contributed by atoms with Crippen LogP contribution in [0, 0.1) is 5.92 Å². The van der Waals surface area contributed by atoms with Gasteiger partial charge < -0.3 is 5.11 Å². The smallest absolute Gasteiger partial charge is 0.0913 e. The number of aliphatic hydroxyl groups excluding tert-OH is 1. The van der Waals surface area contributed by atoms with Crippen LogP contribution in [0.1, 0.15) is 30.2 Å². The molecule has 2 atom stereocenters. The second kappa shape index (κ2) is 4.07. The highest BCUT2D eigenvalue weighted by Crippen LogP contribution is 2.33. The largest absolute Gasteiger partial charge is 0.387 e. The lowest BCUT2D eigenvalue weighted by molar-refractivity contribution is 0.106. The zero-order chi connectivity index (χ0) is 9.10. The summed E-state index contributed by atoms with van der Waals surface area (Å²) >= 11 is 1.65. The van der Waals surface area contributed by atoms with E-state index in [9.17, 15) is 5.11 Å². The van der Waals surface area contributed by atoms with Crippen molar-refractivity contribution in [1.82, 2.24) is 0 Å². The molecule has 2 rings (SSSR count). The second-order valence-corrected chi connectivity index (χ2v) is 4.48. The molecule has 1 aliphatic rings. The minimum Gasteiger partial charge on any atom is -0.387 e. The molecular weight excluding hydrogens is 180 g/mol. The van der Waals surface area contributed by atoms with E-state index in [2.05, 4.69) is 12.2 Å². The third-order valence-corrected chi connectivity index (χ3v) is 3.53.